The average Bonchev–Trinajstić information content (AvgIpc) is 2.67. The number of rotatable bonds is 5. The number of nitrogens with zero attached hydrogens (tertiary/aromatic N) is 2. The number of phenols is 1. The number of nitrogens with one attached hydrogen (secondary N) is 2. The quantitative estimate of drug-likeness (QED) is 0.488. The molecule has 0 fully saturated rings. The van der Waals surface area contributed by atoms with E-state index in [2.05, 4.69) is 15.6 Å². The molecule has 0 spiro atoms. The van der Waals surface area contributed by atoms with Gasteiger partial charge in [0.25, 0.3) is 5.91 Å². The lowest BCUT2D eigenvalue weighted by Crippen LogP contribution is -2.16. The van der Waals surface area contributed by atoms with Gasteiger partial charge in [0.2, 0.25) is 0 Å². The van der Waals surface area contributed by atoms with Crippen LogP contribution in [0, 0.1) is 11.3 Å². The van der Waals surface area contributed by atoms with Gasteiger partial charge < -0.3 is 15.7 Å². The summed E-state index contributed by atoms with van der Waals surface area (Å²) in [5, 5.41) is 26.2. The summed E-state index contributed by atoms with van der Waals surface area (Å²) in [6, 6.07) is 15.9. The van der Waals surface area contributed by atoms with Crippen molar-refractivity contribution in [1.29, 1.82) is 5.26 Å². The molecule has 6 nitrogen and oxygen atoms in total. The first-order valence-corrected chi connectivity index (χ1v) is 7.93. The molecule has 0 aliphatic heterocycles. The number of hydrogen-bond acceptors (Lipinski definition) is 5. The van der Waals surface area contributed by atoms with Crippen LogP contribution in [0.1, 0.15) is 5.56 Å². The maximum absolute atomic E-state index is 12.4. The van der Waals surface area contributed by atoms with Crippen LogP contribution in [0.2, 0.25) is 0 Å². The fraction of sp³-hybridized carbons (Fsp3) is 0.0500. The second-order valence-corrected chi connectivity index (χ2v) is 5.54. The molecule has 0 bridgehead atoms. The van der Waals surface area contributed by atoms with Crippen molar-refractivity contribution < 1.29 is 9.90 Å². The Labute approximate surface area is 150 Å². The summed E-state index contributed by atoms with van der Waals surface area (Å²) in [6.07, 6.45) is 4.76. The second-order valence-electron chi connectivity index (χ2n) is 5.54. The smallest absolute Gasteiger partial charge is 0.267 e. The first-order valence-electron chi connectivity index (χ1n) is 7.93. The standard InChI is InChI=1S/C20H16N4O2/c21-10-15(13-23-12-14-4-3-9-22-11-14)20(26)24-18-7-1-6-17-16(18)5-2-8-19(17)25/h1-9,11,13,23,25H,12H2,(H,24,26)/b15-13-. The number of pyridine rings is 1. The minimum absolute atomic E-state index is 0.0500. The first-order chi connectivity index (χ1) is 12.7. The van der Waals surface area contributed by atoms with Crippen molar-refractivity contribution in [3.63, 3.8) is 0 Å². The Bertz CT molecular complexity index is 1010. The zero-order chi connectivity index (χ0) is 18.4. The number of nitriles is 1. The van der Waals surface area contributed by atoms with Crippen LogP contribution < -0.4 is 10.6 Å². The van der Waals surface area contributed by atoms with Crippen LogP contribution in [-0.2, 0) is 11.3 Å². The van der Waals surface area contributed by atoms with E-state index >= 15 is 0 Å². The van der Waals surface area contributed by atoms with Crippen LogP contribution >= 0.6 is 0 Å². The summed E-state index contributed by atoms with van der Waals surface area (Å²) in [7, 11) is 0. The molecule has 1 amide bonds. The maximum Gasteiger partial charge on any atom is 0.267 e. The highest BCUT2D eigenvalue weighted by molar-refractivity contribution is 6.11. The van der Waals surface area contributed by atoms with Crippen molar-refractivity contribution in [2.45, 2.75) is 6.54 Å². The normalized spacial score (nSPS) is 11.0. The molecule has 0 unspecified atom stereocenters. The van der Waals surface area contributed by atoms with Gasteiger partial charge in [-0.1, -0.05) is 30.3 Å². The molecule has 128 valence electrons. The van der Waals surface area contributed by atoms with Gasteiger partial charge in [-0.05, 0) is 23.8 Å². The number of hydrogen-bond donors (Lipinski definition) is 3. The lowest BCUT2D eigenvalue weighted by atomic mass is 10.1. The van der Waals surface area contributed by atoms with E-state index < -0.39 is 5.91 Å². The fourth-order valence-electron chi connectivity index (χ4n) is 2.51. The van der Waals surface area contributed by atoms with E-state index in [1.807, 2.05) is 18.2 Å². The molecule has 3 rings (SSSR count). The molecule has 0 radical (unpaired) electrons. The van der Waals surface area contributed by atoms with Gasteiger partial charge in [-0.3, -0.25) is 9.78 Å². The number of carbonyl (C=O) groups is 1. The molecular formula is C20H16N4O2. The van der Waals surface area contributed by atoms with E-state index in [0.29, 0.717) is 23.0 Å². The zero-order valence-electron chi connectivity index (χ0n) is 13.8. The van der Waals surface area contributed by atoms with E-state index in [1.165, 1.54) is 6.20 Å². The monoisotopic (exact) mass is 344 g/mol. The molecule has 3 aromatic rings. The second kappa shape index (κ2) is 7.81. The van der Waals surface area contributed by atoms with Crippen molar-refractivity contribution in [2.75, 3.05) is 5.32 Å². The molecular weight excluding hydrogens is 328 g/mol. The summed E-state index contributed by atoms with van der Waals surface area (Å²) in [4.78, 5) is 16.4. The Hall–Kier alpha value is -3.85. The number of anilines is 1. The molecule has 0 saturated heterocycles. The van der Waals surface area contributed by atoms with Crippen molar-refractivity contribution in [3.8, 4) is 11.8 Å². The summed E-state index contributed by atoms with van der Waals surface area (Å²) in [5.74, 6) is -0.394. The fourth-order valence-corrected chi connectivity index (χ4v) is 2.51. The number of aromatic hydroxyl groups is 1. The number of aromatic nitrogens is 1. The van der Waals surface area contributed by atoms with Crippen LogP contribution in [-0.4, -0.2) is 16.0 Å². The van der Waals surface area contributed by atoms with Gasteiger partial charge in [-0.15, -0.1) is 0 Å². The SMILES string of the molecule is N#C/C(=C/NCc1cccnc1)C(=O)Nc1cccc2c(O)cccc12. The largest absolute Gasteiger partial charge is 0.507 e. The van der Waals surface area contributed by atoms with Crippen molar-refractivity contribution in [1.82, 2.24) is 10.3 Å². The van der Waals surface area contributed by atoms with Crippen LogP contribution in [0.3, 0.4) is 0 Å². The first kappa shape index (κ1) is 17.0. The van der Waals surface area contributed by atoms with Gasteiger partial charge in [-0.25, -0.2) is 0 Å². The van der Waals surface area contributed by atoms with Crippen LogP contribution in [0.4, 0.5) is 5.69 Å². The number of amides is 1. The molecule has 1 heterocycles. The molecule has 0 aliphatic rings. The Morgan fingerprint density at radius 1 is 1.15 bits per heavy atom. The van der Waals surface area contributed by atoms with Gasteiger partial charge in [-0.2, -0.15) is 5.26 Å². The molecule has 0 atom stereocenters. The number of benzene rings is 2. The van der Waals surface area contributed by atoms with E-state index in [1.54, 1.807) is 48.8 Å². The summed E-state index contributed by atoms with van der Waals surface area (Å²) >= 11 is 0. The molecule has 2 aromatic carbocycles. The lowest BCUT2D eigenvalue weighted by molar-refractivity contribution is -0.112. The van der Waals surface area contributed by atoms with Gasteiger partial charge in [0.05, 0.1) is 0 Å². The Balaban J connectivity index is 1.75. The van der Waals surface area contributed by atoms with Crippen LogP contribution in [0.15, 0.2) is 72.7 Å². The van der Waals surface area contributed by atoms with Crippen molar-refractivity contribution in [2.24, 2.45) is 0 Å². The molecule has 1 aromatic heterocycles. The van der Waals surface area contributed by atoms with Crippen LogP contribution in [0.5, 0.6) is 5.75 Å². The summed E-state index contributed by atoms with van der Waals surface area (Å²) in [5.41, 5.74) is 1.41. The van der Waals surface area contributed by atoms with Gasteiger partial charge in [0.1, 0.15) is 17.4 Å². The molecule has 0 aliphatic carbocycles. The number of carbonyl (C=O) groups excluding carboxylic acids is 1. The molecule has 0 saturated carbocycles. The van der Waals surface area contributed by atoms with Gasteiger partial charge in [0.15, 0.2) is 0 Å². The highest BCUT2D eigenvalue weighted by Crippen LogP contribution is 2.29. The van der Waals surface area contributed by atoms with Crippen molar-refractivity contribution >= 4 is 22.4 Å². The van der Waals surface area contributed by atoms with Gasteiger partial charge in [0, 0.05) is 41.6 Å². The van der Waals surface area contributed by atoms with Gasteiger partial charge >= 0.3 is 0 Å². The van der Waals surface area contributed by atoms with Crippen molar-refractivity contribution in [3.05, 3.63) is 78.3 Å². The van der Waals surface area contributed by atoms with E-state index in [-0.39, 0.29) is 11.3 Å². The number of phenolic OH excluding ortho intramolecular Hbond substituents is 1. The highest BCUT2D eigenvalue weighted by atomic mass is 16.3. The summed E-state index contributed by atoms with van der Waals surface area (Å²) in [6.45, 7) is 0.453. The van der Waals surface area contributed by atoms with E-state index in [0.717, 1.165) is 5.56 Å². The number of fused-ring (bicyclic) bond motifs is 1. The topological polar surface area (TPSA) is 98.0 Å². The molecule has 26 heavy (non-hydrogen) atoms. The Morgan fingerprint density at radius 3 is 2.73 bits per heavy atom. The average molecular weight is 344 g/mol. The third kappa shape index (κ3) is 3.79. The van der Waals surface area contributed by atoms with E-state index in [4.69, 9.17) is 0 Å². The Morgan fingerprint density at radius 2 is 1.96 bits per heavy atom. The molecule has 3 N–H and O–H groups in total. The highest BCUT2D eigenvalue weighted by Gasteiger charge is 2.11. The molecule has 6 heteroatoms. The third-order valence-corrected chi connectivity index (χ3v) is 3.79. The van der Waals surface area contributed by atoms with Crippen LogP contribution in [0.25, 0.3) is 10.8 Å². The lowest BCUT2D eigenvalue weighted by Gasteiger charge is -2.09. The van der Waals surface area contributed by atoms with E-state index in [9.17, 15) is 15.2 Å². The zero-order valence-corrected chi connectivity index (χ0v) is 13.8. The minimum Gasteiger partial charge on any atom is -0.507 e. The predicted octanol–water partition coefficient (Wildman–Crippen LogP) is 3.08. The Kier molecular flexibility index (Phi) is 5.11. The minimum atomic E-state index is -0.526. The third-order valence-electron chi connectivity index (χ3n) is 3.79. The maximum atomic E-state index is 12.4. The summed E-state index contributed by atoms with van der Waals surface area (Å²) < 4.78 is 0. The predicted molar refractivity (Wildman–Crippen MR) is 99.0 cm³/mol.